The number of carbonyl (C=O) groups is 1. The fourth-order valence-electron chi connectivity index (χ4n) is 2.51. The fourth-order valence-corrected chi connectivity index (χ4v) is 2.51. The molecule has 1 atom stereocenters. The summed E-state index contributed by atoms with van der Waals surface area (Å²) in [6.07, 6.45) is 1.00. The summed E-state index contributed by atoms with van der Waals surface area (Å²) in [7, 11) is 0. The summed E-state index contributed by atoms with van der Waals surface area (Å²) in [6.45, 7) is 8.08. The van der Waals surface area contributed by atoms with Crippen LogP contribution >= 0.6 is 0 Å². The molecule has 0 aliphatic heterocycles. The Balaban J connectivity index is 2.13. The summed E-state index contributed by atoms with van der Waals surface area (Å²) in [5.41, 5.74) is 4.29. The van der Waals surface area contributed by atoms with Gasteiger partial charge in [-0.15, -0.1) is 0 Å². The molecule has 0 heterocycles. The fraction of sp³-hybridized carbons (Fsp3) is 0.350. The van der Waals surface area contributed by atoms with E-state index in [1.165, 1.54) is 5.56 Å². The molecule has 122 valence electrons. The number of rotatable bonds is 6. The van der Waals surface area contributed by atoms with E-state index in [9.17, 15) is 4.79 Å². The number of hydrogen-bond donors (Lipinski definition) is 1. The van der Waals surface area contributed by atoms with E-state index in [2.05, 4.69) is 12.2 Å². The molecule has 0 aliphatic carbocycles. The van der Waals surface area contributed by atoms with Crippen LogP contribution in [0.2, 0.25) is 0 Å². The molecule has 0 saturated carbocycles. The summed E-state index contributed by atoms with van der Waals surface area (Å²) < 4.78 is 5.85. The largest absolute Gasteiger partial charge is 0.481 e. The second-order valence-corrected chi connectivity index (χ2v) is 5.78. The van der Waals surface area contributed by atoms with Crippen molar-refractivity contribution in [3.05, 3.63) is 59.2 Å². The third-order valence-corrected chi connectivity index (χ3v) is 3.95. The molecule has 0 bridgehead atoms. The van der Waals surface area contributed by atoms with E-state index in [0.717, 1.165) is 29.0 Å². The Labute approximate surface area is 138 Å². The van der Waals surface area contributed by atoms with Crippen LogP contribution in [0, 0.1) is 13.8 Å². The SMILES string of the molecule is CCc1cccc(C)c1NC(=O)[C@H](CC)Oc1ccc(C)cc1. The van der Waals surface area contributed by atoms with E-state index in [4.69, 9.17) is 4.74 Å². The third-order valence-electron chi connectivity index (χ3n) is 3.95. The van der Waals surface area contributed by atoms with Gasteiger partial charge in [-0.05, 0) is 49.9 Å². The molecule has 3 heteroatoms. The molecule has 0 aliphatic rings. The second-order valence-electron chi connectivity index (χ2n) is 5.78. The highest BCUT2D eigenvalue weighted by molar-refractivity contribution is 5.95. The van der Waals surface area contributed by atoms with Gasteiger partial charge in [-0.1, -0.05) is 49.7 Å². The lowest BCUT2D eigenvalue weighted by atomic mass is 10.1. The number of amides is 1. The van der Waals surface area contributed by atoms with Crippen LogP contribution in [-0.4, -0.2) is 12.0 Å². The number of para-hydroxylation sites is 1. The molecule has 1 amide bonds. The average molecular weight is 311 g/mol. The zero-order valence-corrected chi connectivity index (χ0v) is 14.3. The van der Waals surface area contributed by atoms with E-state index in [1.807, 2.05) is 63.2 Å². The standard InChI is InChI=1S/C20H25NO2/c1-5-16-9-7-8-15(4)19(16)21-20(22)18(6-2)23-17-12-10-14(3)11-13-17/h7-13,18H,5-6H2,1-4H3,(H,21,22)/t18-/m0/s1. The van der Waals surface area contributed by atoms with Gasteiger partial charge in [0, 0.05) is 5.69 Å². The number of aryl methyl sites for hydroxylation is 3. The summed E-state index contributed by atoms with van der Waals surface area (Å²) in [5.74, 6) is 0.621. The van der Waals surface area contributed by atoms with E-state index in [0.29, 0.717) is 6.42 Å². The molecular formula is C20H25NO2. The molecule has 2 rings (SSSR count). The van der Waals surface area contributed by atoms with Gasteiger partial charge in [-0.2, -0.15) is 0 Å². The molecular weight excluding hydrogens is 286 g/mol. The van der Waals surface area contributed by atoms with Gasteiger partial charge in [0.25, 0.3) is 5.91 Å². The molecule has 0 unspecified atom stereocenters. The van der Waals surface area contributed by atoms with Crippen LogP contribution < -0.4 is 10.1 Å². The van der Waals surface area contributed by atoms with E-state index in [-0.39, 0.29) is 5.91 Å². The lowest BCUT2D eigenvalue weighted by Crippen LogP contribution is -2.33. The van der Waals surface area contributed by atoms with Crippen molar-refractivity contribution in [3.8, 4) is 5.75 Å². The number of ether oxygens (including phenoxy) is 1. The van der Waals surface area contributed by atoms with E-state index < -0.39 is 6.10 Å². The minimum atomic E-state index is -0.498. The molecule has 0 spiro atoms. The predicted octanol–water partition coefficient (Wildman–Crippen LogP) is 4.66. The summed E-state index contributed by atoms with van der Waals surface area (Å²) in [6, 6.07) is 13.8. The first kappa shape index (κ1) is 17.1. The number of nitrogens with one attached hydrogen (secondary N) is 1. The maximum Gasteiger partial charge on any atom is 0.265 e. The zero-order chi connectivity index (χ0) is 16.8. The Hall–Kier alpha value is -2.29. The van der Waals surface area contributed by atoms with Crippen LogP contribution in [0.5, 0.6) is 5.75 Å². The average Bonchev–Trinajstić information content (AvgIpc) is 2.56. The molecule has 23 heavy (non-hydrogen) atoms. The molecule has 2 aromatic rings. The van der Waals surface area contributed by atoms with Crippen molar-refractivity contribution < 1.29 is 9.53 Å². The first-order valence-electron chi connectivity index (χ1n) is 8.17. The van der Waals surface area contributed by atoms with Gasteiger partial charge in [0.1, 0.15) is 5.75 Å². The van der Waals surface area contributed by atoms with Crippen molar-refractivity contribution in [1.29, 1.82) is 0 Å². The van der Waals surface area contributed by atoms with Gasteiger partial charge in [-0.3, -0.25) is 4.79 Å². The van der Waals surface area contributed by atoms with Gasteiger partial charge in [0.2, 0.25) is 0 Å². The molecule has 2 aromatic carbocycles. The molecule has 3 nitrogen and oxygen atoms in total. The van der Waals surface area contributed by atoms with Crippen molar-refractivity contribution in [1.82, 2.24) is 0 Å². The lowest BCUT2D eigenvalue weighted by Gasteiger charge is -2.19. The smallest absolute Gasteiger partial charge is 0.265 e. The van der Waals surface area contributed by atoms with Crippen molar-refractivity contribution in [2.45, 2.75) is 46.6 Å². The molecule has 0 radical (unpaired) electrons. The minimum Gasteiger partial charge on any atom is -0.481 e. The first-order valence-corrected chi connectivity index (χ1v) is 8.17. The van der Waals surface area contributed by atoms with Crippen LogP contribution in [0.1, 0.15) is 37.0 Å². The number of carbonyl (C=O) groups excluding carboxylic acids is 1. The van der Waals surface area contributed by atoms with Crippen LogP contribution in [0.3, 0.4) is 0 Å². The monoisotopic (exact) mass is 311 g/mol. The Morgan fingerprint density at radius 3 is 2.39 bits per heavy atom. The second kappa shape index (κ2) is 7.82. The predicted molar refractivity (Wildman–Crippen MR) is 95.1 cm³/mol. The van der Waals surface area contributed by atoms with Gasteiger partial charge in [0.05, 0.1) is 0 Å². The molecule has 0 saturated heterocycles. The number of anilines is 1. The number of benzene rings is 2. The lowest BCUT2D eigenvalue weighted by molar-refractivity contribution is -0.122. The van der Waals surface area contributed by atoms with Gasteiger partial charge in [-0.25, -0.2) is 0 Å². The van der Waals surface area contributed by atoms with Gasteiger partial charge >= 0.3 is 0 Å². The quantitative estimate of drug-likeness (QED) is 0.842. The van der Waals surface area contributed by atoms with Crippen LogP contribution in [0.25, 0.3) is 0 Å². The van der Waals surface area contributed by atoms with E-state index >= 15 is 0 Å². The Morgan fingerprint density at radius 1 is 1.09 bits per heavy atom. The zero-order valence-electron chi connectivity index (χ0n) is 14.3. The highest BCUT2D eigenvalue weighted by Crippen LogP contribution is 2.22. The third kappa shape index (κ3) is 4.35. The van der Waals surface area contributed by atoms with Crippen LogP contribution in [-0.2, 0) is 11.2 Å². The van der Waals surface area contributed by atoms with E-state index in [1.54, 1.807) is 0 Å². The van der Waals surface area contributed by atoms with Crippen LogP contribution in [0.4, 0.5) is 5.69 Å². The summed E-state index contributed by atoms with van der Waals surface area (Å²) in [5, 5.41) is 3.05. The molecule has 0 aromatic heterocycles. The van der Waals surface area contributed by atoms with Crippen molar-refractivity contribution in [3.63, 3.8) is 0 Å². The molecule has 1 N–H and O–H groups in total. The maximum atomic E-state index is 12.6. The van der Waals surface area contributed by atoms with Gasteiger partial charge < -0.3 is 10.1 Å². The Kier molecular flexibility index (Phi) is 5.80. The van der Waals surface area contributed by atoms with Crippen molar-refractivity contribution >= 4 is 11.6 Å². The highest BCUT2D eigenvalue weighted by atomic mass is 16.5. The summed E-state index contributed by atoms with van der Waals surface area (Å²) >= 11 is 0. The Morgan fingerprint density at radius 2 is 1.78 bits per heavy atom. The maximum absolute atomic E-state index is 12.6. The minimum absolute atomic E-state index is 0.0999. The summed E-state index contributed by atoms with van der Waals surface area (Å²) in [4.78, 5) is 12.6. The van der Waals surface area contributed by atoms with Crippen LogP contribution in [0.15, 0.2) is 42.5 Å². The Bertz CT molecular complexity index is 662. The highest BCUT2D eigenvalue weighted by Gasteiger charge is 2.20. The number of hydrogen-bond acceptors (Lipinski definition) is 2. The first-order chi connectivity index (χ1) is 11.0. The van der Waals surface area contributed by atoms with Crippen molar-refractivity contribution in [2.75, 3.05) is 5.32 Å². The van der Waals surface area contributed by atoms with Crippen molar-refractivity contribution in [2.24, 2.45) is 0 Å². The van der Waals surface area contributed by atoms with Gasteiger partial charge in [0.15, 0.2) is 6.10 Å². The normalized spacial score (nSPS) is 11.8. The topological polar surface area (TPSA) is 38.3 Å². The molecule has 0 fully saturated rings.